The van der Waals surface area contributed by atoms with E-state index in [-0.39, 0.29) is 5.91 Å². The molecule has 82 valence electrons. The van der Waals surface area contributed by atoms with Gasteiger partial charge in [0.15, 0.2) is 0 Å². The lowest BCUT2D eigenvalue weighted by Crippen LogP contribution is -2.29. The van der Waals surface area contributed by atoms with Crippen LogP contribution >= 0.6 is 0 Å². The molecule has 0 aliphatic carbocycles. The molecular formula is C12H18N2O. The van der Waals surface area contributed by atoms with Crippen molar-refractivity contribution >= 4 is 11.6 Å². The van der Waals surface area contributed by atoms with E-state index >= 15 is 0 Å². The van der Waals surface area contributed by atoms with Gasteiger partial charge in [-0.15, -0.1) is 0 Å². The van der Waals surface area contributed by atoms with Crippen molar-refractivity contribution in [1.82, 2.24) is 0 Å². The monoisotopic (exact) mass is 206 g/mol. The fraction of sp³-hybridized carbons (Fsp3) is 0.417. The molecule has 1 aromatic carbocycles. The zero-order valence-electron chi connectivity index (χ0n) is 9.36. The van der Waals surface area contributed by atoms with Crippen LogP contribution in [0.1, 0.15) is 25.8 Å². The summed E-state index contributed by atoms with van der Waals surface area (Å²) in [4.78, 5) is 13.2. The molecule has 2 N–H and O–H groups in total. The largest absolute Gasteiger partial charge is 0.326 e. The van der Waals surface area contributed by atoms with Gasteiger partial charge in [-0.1, -0.05) is 19.1 Å². The molecule has 0 spiro atoms. The lowest BCUT2D eigenvalue weighted by Gasteiger charge is -2.20. The number of rotatable bonds is 4. The number of nitrogens with zero attached hydrogens (tertiary/aromatic N) is 1. The first-order chi connectivity index (χ1) is 7.19. The van der Waals surface area contributed by atoms with E-state index in [2.05, 4.69) is 6.92 Å². The summed E-state index contributed by atoms with van der Waals surface area (Å²) in [6, 6.07) is 7.81. The van der Waals surface area contributed by atoms with Crippen molar-refractivity contribution in [2.75, 3.05) is 11.4 Å². The maximum atomic E-state index is 11.4. The number of anilines is 1. The quantitative estimate of drug-likeness (QED) is 0.818. The van der Waals surface area contributed by atoms with Gasteiger partial charge in [-0.3, -0.25) is 4.79 Å². The van der Waals surface area contributed by atoms with Crippen LogP contribution in [-0.4, -0.2) is 12.5 Å². The first kappa shape index (κ1) is 11.7. The van der Waals surface area contributed by atoms with E-state index in [9.17, 15) is 4.79 Å². The van der Waals surface area contributed by atoms with E-state index in [1.165, 1.54) is 0 Å². The molecule has 15 heavy (non-hydrogen) atoms. The summed E-state index contributed by atoms with van der Waals surface area (Å²) in [6.45, 7) is 4.95. The summed E-state index contributed by atoms with van der Waals surface area (Å²) in [5, 5.41) is 0. The van der Waals surface area contributed by atoms with E-state index in [0.29, 0.717) is 6.54 Å². The molecule has 0 aliphatic heterocycles. The third-order valence-corrected chi connectivity index (χ3v) is 2.31. The normalized spacial score (nSPS) is 10.1. The Morgan fingerprint density at radius 1 is 1.33 bits per heavy atom. The summed E-state index contributed by atoms with van der Waals surface area (Å²) < 4.78 is 0. The van der Waals surface area contributed by atoms with Crippen molar-refractivity contribution in [3.8, 4) is 0 Å². The number of nitrogens with two attached hydrogens (primary N) is 1. The van der Waals surface area contributed by atoms with E-state index in [4.69, 9.17) is 5.73 Å². The van der Waals surface area contributed by atoms with Crippen molar-refractivity contribution in [3.05, 3.63) is 29.8 Å². The minimum absolute atomic E-state index is 0.0809. The van der Waals surface area contributed by atoms with Crippen LogP contribution in [0.25, 0.3) is 0 Å². The minimum Gasteiger partial charge on any atom is -0.326 e. The number of benzene rings is 1. The Labute approximate surface area is 90.9 Å². The first-order valence-corrected chi connectivity index (χ1v) is 5.26. The Morgan fingerprint density at radius 2 is 1.93 bits per heavy atom. The molecule has 0 saturated carbocycles. The predicted octanol–water partition coefficient (Wildman–Crippen LogP) is 1.91. The zero-order valence-corrected chi connectivity index (χ0v) is 9.36. The highest BCUT2D eigenvalue weighted by molar-refractivity contribution is 5.91. The highest BCUT2D eigenvalue weighted by Gasteiger charge is 2.09. The molecule has 1 amide bonds. The van der Waals surface area contributed by atoms with E-state index in [1.807, 2.05) is 24.3 Å². The maximum absolute atomic E-state index is 11.4. The van der Waals surface area contributed by atoms with Crippen molar-refractivity contribution in [1.29, 1.82) is 0 Å². The van der Waals surface area contributed by atoms with Crippen molar-refractivity contribution in [2.45, 2.75) is 26.8 Å². The van der Waals surface area contributed by atoms with Gasteiger partial charge in [0, 0.05) is 25.7 Å². The molecule has 0 heterocycles. The van der Waals surface area contributed by atoms with Crippen LogP contribution < -0.4 is 10.6 Å². The SMILES string of the molecule is CCCN(C(C)=O)c1ccc(CN)cc1. The van der Waals surface area contributed by atoms with Crippen LogP contribution in [-0.2, 0) is 11.3 Å². The second kappa shape index (κ2) is 5.51. The molecule has 0 saturated heterocycles. The minimum atomic E-state index is 0.0809. The van der Waals surface area contributed by atoms with Crippen LogP contribution in [0.3, 0.4) is 0 Å². The summed E-state index contributed by atoms with van der Waals surface area (Å²) >= 11 is 0. The van der Waals surface area contributed by atoms with Gasteiger partial charge in [-0.2, -0.15) is 0 Å². The standard InChI is InChI=1S/C12H18N2O/c1-3-8-14(10(2)15)12-6-4-11(9-13)5-7-12/h4-7H,3,8-9,13H2,1-2H3. The highest BCUT2D eigenvalue weighted by atomic mass is 16.2. The molecule has 0 unspecified atom stereocenters. The van der Waals surface area contributed by atoms with Crippen molar-refractivity contribution < 1.29 is 4.79 Å². The fourth-order valence-corrected chi connectivity index (χ4v) is 1.50. The van der Waals surface area contributed by atoms with Gasteiger partial charge in [0.05, 0.1) is 0 Å². The molecule has 0 aliphatic rings. The van der Waals surface area contributed by atoms with Crippen LogP contribution in [0.15, 0.2) is 24.3 Å². The van der Waals surface area contributed by atoms with Gasteiger partial charge in [0.2, 0.25) is 5.91 Å². The number of carbonyl (C=O) groups is 1. The molecule has 1 aromatic rings. The Balaban J connectivity index is 2.86. The second-order valence-electron chi connectivity index (χ2n) is 3.54. The lowest BCUT2D eigenvalue weighted by molar-refractivity contribution is -0.116. The predicted molar refractivity (Wildman–Crippen MR) is 62.7 cm³/mol. The summed E-state index contributed by atoms with van der Waals surface area (Å²) in [5.74, 6) is 0.0809. The molecule has 0 aromatic heterocycles. The van der Waals surface area contributed by atoms with Crippen LogP contribution in [0.5, 0.6) is 0 Å². The first-order valence-electron chi connectivity index (χ1n) is 5.26. The molecule has 3 nitrogen and oxygen atoms in total. The summed E-state index contributed by atoms with van der Waals surface area (Å²) in [5.41, 5.74) is 7.54. The maximum Gasteiger partial charge on any atom is 0.223 e. The van der Waals surface area contributed by atoms with Crippen LogP contribution in [0.4, 0.5) is 5.69 Å². The van der Waals surface area contributed by atoms with Gasteiger partial charge in [-0.25, -0.2) is 0 Å². The van der Waals surface area contributed by atoms with Gasteiger partial charge < -0.3 is 10.6 Å². The van der Waals surface area contributed by atoms with E-state index in [0.717, 1.165) is 24.2 Å². The van der Waals surface area contributed by atoms with Gasteiger partial charge in [0.1, 0.15) is 0 Å². The smallest absolute Gasteiger partial charge is 0.223 e. The molecular weight excluding hydrogens is 188 g/mol. The van der Waals surface area contributed by atoms with Crippen LogP contribution in [0.2, 0.25) is 0 Å². The topological polar surface area (TPSA) is 46.3 Å². The number of hydrogen-bond acceptors (Lipinski definition) is 2. The summed E-state index contributed by atoms with van der Waals surface area (Å²) in [6.07, 6.45) is 0.957. The number of hydrogen-bond donors (Lipinski definition) is 1. The van der Waals surface area contributed by atoms with Crippen molar-refractivity contribution in [3.63, 3.8) is 0 Å². The fourth-order valence-electron chi connectivity index (χ4n) is 1.50. The molecule has 0 bridgehead atoms. The third kappa shape index (κ3) is 3.06. The zero-order chi connectivity index (χ0) is 11.3. The number of amides is 1. The molecule has 0 fully saturated rings. The summed E-state index contributed by atoms with van der Waals surface area (Å²) in [7, 11) is 0. The van der Waals surface area contributed by atoms with Crippen LogP contribution in [0, 0.1) is 0 Å². The Kier molecular flexibility index (Phi) is 4.31. The highest BCUT2D eigenvalue weighted by Crippen LogP contribution is 2.15. The molecule has 0 radical (unpaired) electrons. The van der Waals surface area contributed by atoms with Gasteiger partial charge in [-0.05, 0) is 24.1 Å². The molecule has 1 rings (SSSR count). The van der Waals surface area contributed by atoms with E-state index in [1.54, 1.807) is 11.8 Å². The van der Waals surface area contributed by atoms with E-state index < -0.39 is 0 Å². The van der Waals surface area contributed by atoms with Gasteiger partial charge >= 0.3 is 0 Å². The Hall–Kier alpha value is -1.35. The Bertz CT molecular complexity index is 319. The lowest BCUT2D eigenvalue weighted by atomic mass is 10.2. The average molecular weight is 206 g/mol. The molecule has 3 heteroatoms. The van der Waals surface area contributed by atoms with Crippen molar-refractivity contribution in [2.24, 2.45) is 5.73 Å². The molecule has 0 atom stereocenters. The number of carbonyl (C=O) groups excluding carboxylic acids is 1. The third-order valence-electron chi connectivity index (χ3n) is 2.31. The van der Waals surface area contributed by atoms with Gasteiger partial charge in [0.25, 0.3) is 0 Å². The average Bonchev–Trinajstić information content (AvgIpc) is 2.26. The Morgan fingerprint density at radius 3 is 2.33 bits per heavy atom. The second-order valence-corrected chi connectivity index (χ2v) is 3.54.